The number of hydrogen-bond acceptors (Lipinski definition) is 4. The molecule has 8 heteroatoms. The Balaban J connectivity index is 1.56. The van der Waals surface area contributed by atoms with Crippen LogP contribution in [0.25, 0.3) is 0 Å². The average molecular weight is 416 g/mol. The minimum absolute atomic E-state index is 0.0314. The van der Waals surface area contributed by atoms with Gasteiger partial charge in [0.2, 0.25) is 11.8 Å². The van der Waals surface area contributed by atoms with Crippen molar-refractivity contribution in [3.63, 3.8) is 0 Å². The molecular weight excluding hydrogens is 387 g/mol. The normalized spacial score (nSPS) is 14.7. The van der Waals surface area contributed by atoms with Crippen LogP contribution in [0.2, 0.25) is 0 Å². The van der Waals surface area contributed by atoms with E-state index >= 15 is 0 Å². The highest BCUT2D eigenvalue weighted by atomic mass is 19.1. The number of aromatic nitrogens is 2. The Bertz CT molecular complexity index is 844. The van der Waals surface area contributed by atoms with E-state index < -0.39 is 0 Å². The molecule has 0 bridgehead atoms. The van der Waals surface area contributed by atoms with Crippen LogP contribution in [-0.4, -0.2) is 70.6 Å². The van der Waals surface area contributed by atoms with Crippen LogP contribution in [0.5, 0.6) is 0 Å². The van der Waals surface area contributed by atoms with E-state index in [0.29, 0.717) is 26.2 Å². The fourth-order valence-corrected chi connectivity index (χ4v) is 3.89. The molecule has 1 fully saturated rings. The number of aryl methyl sites for hydroxylation is 1. The van der Waals surface area contributed by atoms with Crippen molar-refractivity contribution in [2.24, 2.45) is 0 Å². The molecule has 30 heavy (non-hydrogen) atoms. The Morgan fingerprint density at radius 2 is 1.93 bits per heavy atom. The zero-order valence-corrected chi connectivity index (χ0v) is 17.6. The van der Waals surface area contributed by atoms with Gasteiger partial charge in [-0.25, -0.2) is 9.37 Å². The minimum Gasteiger partial charge on any atom is -0.375 e. The first-order chi connectivity index (χ1) is 14.5. The Kier molecular flexibility index (Phi) is 7.57. The first-order valence-corrected chi connectivity index (χ1v) is 10.3. The van der Waals surface area contributed by atoms with Crippen LogP contribution in [0.3, 0.4) is 0 Å². The number of piperidine rings is 1. The highest BCUT2D eigenvalue weighted by Crippen LogP contribution is 2.19. The summed E-state index contributed by atoms with van der Waals surface area (Å²) in [7, 11) is 1.52. The third-order valence-electron chi connectivity index (χ3n) is 5.62. The number of carbonyl (C=O) groups is 2. The number of ether oxygens (including phenoxy) is 1. The van der Waals surface area contributed by atoms with Crippen LogP contribution < -0.4 is 0 Å². The highest BCUT2D eigenvalue weighted by molar-refractivity contribution is 5.79. The largest absolute Gasteiger partial charge is 0.375 e. The number of hydrogen-bond donors (Lipinski definition) is 0. The predicted molar refractivity (Wildman–Crippen MR) is 110 cm³/mol. The number of carbonyl (C=O) groups excluding carboxylic acids is 2. The number of methoxy groups -OCH3 is 1. The summed E-state index contributed by atoms with van der Waals surface area (Å²) in [5.74, 6) is 0.601. The van der Waals surface area contributed by atoms with E-state index in [1.54, 1.807) is 18.3 Å². The first-order valence-electron chi connectivity index (χ1n) is 10.3. The lowest BCUT2D eigenvalue weighted by molar-refractivity contribution is -0.139. The summed E-state index contributed by atoms with van der Waals surface area (Å²) in [6, 6.07) is 6.10. The van der Waals surface area contributed by atoms with Crippen molar-refractivity contribution in [3.05, 3.63) is 53.9 Å². The Hall–Kier alpha value is -2.74. The predicted octanol–water partition coefficient (Wildman–Crippen LogP) is 2.04. The van der Waals surface area contributed by atoms with Crippen molar-refractivity contribution >= 4 is 11.8 Å². The van der Waals surface area contributed by atoms with Gasteiger partial charge in [-0.15, -0.1) is 0 Å². The molecule has 0 unspecified atom stereocenters. The van der Waals surface area contributed by atoms with Gasteiger partial charge in [0.15, 0.2) is 0 Å². The molecular formula is C22H29FN4O3. The molecule has 7 nitrogen and oxygen atoms in total. The molecule has 0 saturated carbocycles. The van der Waals surface area contributed by atoms with E-state index in [-0.39, 0.29) is 36.7 Å². The van der Waals surface area contributed by atoms with Crippen LogP contribution in [0.1, 0.15) is 24.2 Å². The third-order valence-corrected chi connectivity index (χ3v) is 5.62. The number of imidazole rings is 1. The molecule has 2 aromatic rings. The smallest absolute Gasteiger partial charge is 0.248 e. The van der Waals surface area contributed by atoms with Crippen molar-refractivity contribution < 1.29 is 18.7 Å². The van der Waals surface area contributed by atoms with Crippen LogP contribution >= 0.6 is 0 Å². The Morgan fingerprint density at radius 3 is 2.53 bits per heavy atom. The fraction of sp³-hybridized carbons (Fsp3) is 0.500. The number of likely N-dealkylation sites (tertiary alicyclic amines) is 1. The van der Waals surface area contributed by atoms with E-state index in [4.69, 9.17) is 4.74 Å². The molecule has 1 saturated heterocycles. The van der Waals surface area contributed by atoms with Crippen LogP contribution in [0.4, 0.5) is 4.39 Å². The van der Waals surface area contributed by atoms with Crippen molar-refractivity contribution in [1.82, 2.24) is 19.4 Å². The molecule has 1 aromatic carbocycles. The second-order valence-electron chi connectivity index (χ2n) is 7.60. The summed E-state index contributed by atoms with van der Waals surface area (Å²) in [5.41, 5.74) is 0.802. The monoisotopic (exact) mass is 416 g/mol. The molecule has 1 aliphatic heterocycles. The quantitative estimate of drug-likeness (QED) is 0.661. The van der Waals surface area contributed by atoms with Gasteiger partial charge in [-0.3, -0.25) is 9.59 Å². The van der Waals surface area contributed by atoms with E-state index in [0.717, 1.165) is 24.2 Å². The number of amides is 2. The lowest BCUT2D eigenvalue weighted by Gasteiger charge is -2.38. The van der Waals surface area contributed by atoms with Crippen LogP contribution in [0, 0.1) is 12.7 Å². The lowest BCUT2D eigenvalue weighted by Crippen LogP contribution is -2.50. The first kappa shape index (κ1) is 22.0. The second-order valence-corrected chi connectivity index (χ2v) is 7.60. The molecule has 0 N–H and O–H groups in total. The topological polar surface area (TPSA) is 67.7 Å². The zero-order valence-electron chi connectivity index (χ0n) is 17.6. The maximum atomic E-state index is 13.1. The fourth-order valence-electron chi connectivity index (χ4n) is 3.89. The van der Waals surface area contributed by atoms with Gasteiger partial charge in [0.1, 0.15) is 18.2 Å². The summed E-state index contributed by atoms with van der Waals surface area (Å²) < 4.78 is 20.1. The molecule has 2 heterocycles. The van der Waals surface area contributed by atoms with Crippen molar-refractivity contribution in [3.8, 4) is 0 Å². The van der Waals surface area contributed by atoms with Gasteiger partial charge in [-0.05, 0) is 37.5 Å². The molecule has 0 spiro atoms. The van der Waals surface area contributed by atoms with Gasteiger partial charge in [0.05, 0.1) is 6.42 Å². The second kappa shape index (κ2) is 10.3. The third kappa shape index (κ3) is 5.66. The molecule has 1 aromatic heterocycles. The van der Waals surface area contributed by atoms with Crippen LogP contribution in [0.15, 0.2) is 36.7 Å². The SMILES string of the molecule is COCC(=O)N(CCn1ccnc1C)C1CCN(C(=O)Cc2ccc(F)cc2)CC1. The number of halogens is 1. The van der Waals surface area contributed by atoms with Gasteiger partial charge in [-0.2, -0.15) is 0 Å². The molecule has 162 valence electrons. The number of benzene rings is 1. The van der Waals surface area contributed by atoms with Crippen molar-refractivity contribution in [1.29, 1.82) is 0 Å². The van der Waals surface area contributed by atoms with Gasteiger partial charge >= 0.3 is 0 Å². The lowest BCUT2D eigenvalue weighted by atomic mass is 10.0. The molecule has 0 aliphatic carbocycles. The summed E-state index contributed by atoms with van der Waals surface area (Å²) in [6.07, 6.45) is 5.38. The maximum absolute atomic E-state index is 13.1. The van der Waals surface area contributed by atoms with E-state index in [9.17, 15) is 14.0 Å². The highest BCUT2D eigenvalue weighted by Gasteiger charge is 2.29. The zero-order chi connectivity index (χ0) is 21.5. The Morgan fingerprint density at radius 1 is 1.23 bits per heavy atom. The summed E-state index contributed by atoms with van der Waals surface area (Å²) >= 11 is 0. The van der Waals surface area contributed by atoms with E-state index in [1.165, 1.54) is 19.2 Å². The molecule has 1 aliphatic rings. The van der Waals surface area contributed by atoms with Crippen molar-refractivity contribution in [2.45, 2.75) is 38.8 Å². The minimum atomic E-state index is -0.307. The van der Waals surface area contributed by atoms with Gasteiger partial charge < -0.3 is 19.1 Å². The molecule has 0 radical (unpaired) electrons. The molecule has 3 rings (SSSR count). The van der Waals surface area contributed by atoms with Gasteiger partial charge in [0, 0.05) is 51.7 Å². The summed E-state index contributed by atoms with van der Waals surface area (Å²) in [4.78, 5) is 33.2. The summed E-state index contributed by atoms with van der Waals surface area (Å²) in [5, 5.41) is 0. The summed E-state index contributed by atoms with van der Waals surface area (Å²) in [6.45, 7) is 4.44. The maximum Gasteiger partial charge on any atom is 0.248 e. The van der Waals surface area contributed by atoms with E-state index in [2.05, 4.69) is 4.98 Å². The van der Waals surface area contributed by atoms with Gasteiger partial charge in [0.25, 0.3) is 0 Å². The number of nitrogens with zero attached hydrogens (tertiary/aromatic N) is 4. The number of rotatable bonds is 8. The molecule has 2 amide bonds. The Labute approximate surface area is 176 Å². The molecule has 0 atom stereocenters. The van der Waals surface area contributed by atoms with E-state index in [1.807, 2.05) is 27.5 Å². The standard InChI is InChI=1S/C22H29FN4O3/c1-17-24-9-12-25(17)13-14-27(22(29)16-30-2)20-7-10-26(11-8-20)21(28)15-18-3-5-19(23)6-4-18/h3-6,9,12,20H,7-8,10-11,13-16H2,1-2H3. The van der Waals surface area contributed by atoms with Crippen molar-refractivity contribution in [2.75, 3.05) is 33.4 Å². The van der Waals surface area contributed by atoms with Gasteiger partial charge in [-0.1, -0.05) is 12.1 Å². The van der Waals surface area contributed by atoms with Crippen LogP contribution in [-0.2, 0) is 27.3 Å². The average Bonchev–Trinajstić information content (AvgIpc) is 3.15.